The molecule has 0 spiro atoms. The lowest BCUT2D eigenvalue weighted by Gasteiger charge is -2.06. The lowest BCUT2D eigenvalue weighted by atomic mass is 10.2. The summed E-state index contributed by atoms with van der Waals surface area (Å²) in [5.74, 6) is 0.841. The quantitative estimate of drug-likeness (QED) is 0.486. The molecule has 140 valence electrons. The molecule has 0 atom stereocenters. The average Bonchev–Trinajstić information content (AvgIpc) is 3.10. The molecule has 3 rings (SSSR count). The highest BCUT2D eigenvalue weighted by molar-refractivity contribution is 9.10. The lowest BCUT2D eigenvalue weighted by Crippen LogP contribution is -2.14. The second-order valence-corrected chi connectivity index (χ2v) is 7.67. The van der Waals surface area contributed by atoms with Gasteiger partial charge in [0.1, 0.15) is 5.75 Å². The Morgan fingerprint density at radius 2 is 2.11 bits per heavy atom. The number of hydrogen-bond donors (Lipinski definition) is 1. The van der Waals surface area contributed by atoms with Crippen LogP contribution in [0.2, 0.25) is 5.02 Å². The lowest BCUT2D eigenvalue weighted by molar-refractivity contribution is -0.113. The Balaban J connectivity index is 1.48. The van der Waals surface area contributed by atoms with Gasteiger partial charge in [0.2, 0.25) is 5.91 Å². The summed E-state index contributed by atoms with van der Waals surface area (Å²) in [7, 11) is 0. The topological polar surface area (TPSA) is 77.2 Å². The fraction of sp³-hybridized carbons (Fsp3) is 0.167. The van der Waals surface area contributed by atoms with Crippen LogP contribution in [0.3, 0.4) is 0 Å². The van der Waals surface area contributed by atoms with E-state index >= 15 is 0 Å². The van der Waals surface area contributed by atoms with Crippen LogP contribution in [0.5, 0.6) is 5.75 Å². The van der Waals surface area contributed by atoms with E-state index in [1.54, 1.807) is 12.1 Å². The predicted molar refractivity (Wildman–Crippen MR) is 108 cm³/mol. The number of ether oxygens (including phenoxy) is 1. The van der Waals surface area contributed by atoms with Gasteiger partial charge in [0.05, 0.1) is 10.8 Å². The molecule has 0 bridgehead atoms. The van der Waals surface area contributed by atoms with Crippen LogP contribution in [0.25, 0.3) is 0 Å². The highest BCUT2D eigenvalue weighted by Crippen LogP contribution is 2.25. The van der Waals surface area contributed by atoms with Crippen LogP contribution >= 0.6 is 39.3 Å². The van der Waals surface area contributed by atoms with Crippen molar-refractivity contribution in [3.05, 3.63) is 63.4 Å². The van der Waals surface area contributed by atoms with Gasteiger partial charge < -0.3 is 14.5 Å². The normalized spacial score (nSPS) is 10.6. The number of carbonyl (C=O) groups is 1. The first kappa shape index (κ1) is 19.7. The molecule has 0 saturated heterocycles. The summed E-state index contributed by atoms with van der Waals surface area (Å²) >= 11 is 10.6. The minimum Gasteiger partial charge on any atom is -0.482 e. The number of para-hydroxylation sites is 1. The summed E-state index contributed by atoms with van der Waals surface area (Å²) in [6.45, 7) is 2.06. The number of hydrogen-bond acceptors (Lipinski definition) is 6. The van der Waals surface area contributed by atoms with Gasteiger partial charge in [-0.3, -0.25) is 4.79 Å². The molecule has 0 radical (unpaired) electrons. The van der Waals surface area contributed by atoms with E-state index in [2.05, 4.69) is 31.4 Å². The number of nitrogens with one attached hydrogen (secondary N) is 1. The summed E-state index contributed by atoms with van der Waals surface area (Å²) < 4.78 is 12.0. The van der Waals surface area contributed by atoms with Crippen molar-refractivity contribution in [1.29, 1.82) is 0 Å². The van der Waals surface area contributed by atoms with Crippen molar-refractivity contribution in [3.63, 3.8) is 0 Å². The summed E-state index contributed by atoms with van der Waals surface area (Å²) in [6, 6.07) is 12.7. The van der Waals surface area contributed by atoms with Gasteiger partial charge in [0.15, 0.2) is 6.61 Å². The second-order valence-electron chi connectivity index (χ2n) is 5.48. The summed E-state index contributed by atoms with van der Waals surface area (Å²) in [5, 5.41) is 11.4. The zero-order valence-electron chi connectivity index (χ0n) is 14.2. The maximum Gasteiger partial charge on any atom is 0.277 e. The first-order valence-corrected chi connectivity index (χ1v) is 10.1. The highest BCUT2D eigenvalue weighted by Gasteiger charge is 2.11. The number of thioether (sulfide) groups is 1. The Kier molecular flexibility index (Phi) is 6.76. The molecule has 2 aromatic carbocycles. The number of anilines is 1. The largest absolute Gasteiger partial charge is 0.482 e. The van der Waals surface area contributed by atoms with Gasteiger partial charge in [-0.05, 0) is 42.8 Å². The molecule has 1 amide bonds. The summed E-state index contributed by atoms with van der Waals surface area (Å²) in [6.07, 6.45) is 0. The molecule has 6 nitrogen and oxygen atoms in total. The Morgan fingerprint density at radius 1 is 1.30 bits per heavy atom. The Labute approximate surface area is 173 Å². The first-order valence-electron chi connectivity index (χ1n) is 7.90. The smallest absolute Gasteiger partial charge is 0.277 e. The van der Waals surface area contributed by atoms with Crippen molar-refractivity contribution >= 4 is 50.9 Å². The fourth-order valence-corrected chi connectivity index (χ4v) is 3.12. The molecule has 1 heterocycles. The van der Waals surface area contributed by atoms with E-state index in [0.717, 1.165) is 27.5 Å². The number of rotatable bonds is 7. The van der Waals surface area contributed by atoms with Crippen LogP contribution in [0.4, 0.5) is 5.69 Å². The van der Waals surface area contributed by atoms with E-state index in [4.69, 9.17) is 20.8 Å². The van der Waals surface area contributed by atoms with Crippen molar-refractivity contribution in [3.8, 4) is 5.75 Å². The van der Waals surface area contributed by atoms with E-state index in [9.17, 15) is 4.79 Å². The second kappa shape index (κ2) is 9.25. The first-order chi connectivity index (χ1) is 13.0. The van der Waals surface area contributed by atoms with E-state index in [0.29, 0.717) is 21.9 Å². The van der Waals surface area contributed by atoms with E-state index in [1.165, 1.54) is 0 Å². The molecule has 0 aliphatic carbocycles. The van der Waals surface area contributed by atoms with Crippen molar-refractivity contribution in [2.45, 2.75) is 18.8 Å². The average molecular weight is 469 g/mol. The maximum absolute atomic E-state index is 12.1. The Hall–Kier alpha value is -2.03. The van der Waals surface area contributed by atoms with Crippen LogP contribution in [0.1, 0.15) is 11.5 Å². The molecule has 27 heavy (non-hydrogen) atoms. The molecule has 1 aromatic heterocycles. The van der Waals surface area contributed by atoms with Gasteiger partial charge in [0, 0.05) is 10.2 Å². The SMILES string of the molecule is Cc1cc(NC(=O)CSc2nnc(COc3ccccc3Cl)o2)ccc1Br. The summed E-state index contributed by atoms with van der Waals surface area (Å²) in [5.41, 5.74) is 1.78. The van der Waals surface area contributed by atoms with Crippen LogP contribution in [-0.2, 0) is 11.4 Å². The van der Waals surface area contributed by atoms with Crippen LogP contribution in [0, 0.1) is 6.92 Å². The van der Waals surface area contributed by atoms with Crippen molar-refractivity contribution in [1.82, 2.24) is 10.2 Å². The molecule has 0 aliphatic heterocycles. The minimum atomic E-state index is -0.159. The third-order valence-corrected chi connectivity index (χ3v) is 5.43. The van der Waals surface area contributed by atoms with Crippen LogP contribution in [0.15, 0.2) is 56.6 Å². The number of aromatic nitrogens is 2. The third kappa shape index (κ3) is 5.72. The molecule has 0 unspecified atom stereocenters. The van der Waals surface area contributed by atoms with Gasteiger partial charge >= 0.3 is 0 Å². The van der Waals surface area contributed by atoms with Crippen molar-refractivity contribution in [2.75, 3.05) is 11.1 Å². The molecule has 0 fully saturated rings. The van der Waals surface area contributed by atoms with Crippen LogP contribution < -0.4 is 10.1 Å². The molecule has 0 aliphatic rings. The number of aryl methyl sites for hydroxylation is 1. The monoisotopic (exact) mass is 467 g/mol. The fourth-order valence-electron chi connectivity index (χ4n) is 2.10. The maximum atomic E-state index is 12.1. The molecule has 0 saturated carbocycles. The van der Waals surface area contributed by atoms with Gasteiger partial charge in [0.25, 0.3) is 11.1 Å². The zero-order valence-corrected chi connectivity index (χ0v) is 17.4. The zero-order chi connectivity index (χ0) is 19.2. The molecule has 1 N–H and O–H groups in total. The molecule has 3 aromatic rings. The standard InChI is InChI=1S/C18H15BrClN3O3S/c1-11-8-12(6-7-13(11)19)21-16(24)10-27-18-23-22-17(26-18)9-25-15-5-3-2-4-14(15)20/h2-8H,9-10H2,1H3,(H,21,24). The van der Waals surface area contributed by atoms with E-state index in [1.807, 2.05) is 37.3 Å². The summed E-state index contributed by atoms with van der Waals surface area (Å²) in [4.78, 5) is 12.1. The Bertz CT molecular complexity index is 951. The predicted octanol–water partition coefficient (Wildman–Crippen LogP) is 5.10. The van der Waals surface area contributed by atoms with Crippen molar-refractivity contribution < 1.29 is 13.9 Å². The van der Waals surface area contributed by atoms with Gasteiger partial charge in [-0.2, -0.15) is 0 Å². The molecule has 9 heteroatoms. The van der Waals surface area contributed by atoms with Gasteiger partial charge in [-0.25, -0.2) is 0 Å². The number of benzene rings is 2. The van der Waals surface area contributed by atoms with E-state index in [-0.39, 0.29) is 18.3 Å². The highest BCUT2D eigenvalue weighted by atomic mass is 79.9. The molecular weight excluding hydrogens is 454 g/mol. The Morgan fingerprint density at radius 3 is 2.89 bits per heavy atom. The number of nitrogens with zero attached hydrogens (tertiary/aromatic N) is 2. The number of halogens is 2. The third-order valence-electron chi connectivity index (χ3n) is 3.40. The number of amides is 1. The van der Waals surface area contributed by atoms with Gasteiger partial charge in [-0.15, -0.1) is 10.2 Å². The molecular formula is C18H15BrClN3O3S. The number of carbonyl (C=O) groups excluding carboxylic acids is 1. The van der Waals surface area contributed by atoms with Gasteiger partial charge in [-0.1, -0.05) is 51.4 Å². The van der Waals surface area contributed by atoms with Crippen LogP contribution in [-0.4, -0.2) is 21.9 Å². The van der Waals surface area contributed by atoms with Crippen molar-refractivity contribution in [2.24, 2.45) is 0 Å². The minimum absolute atomic E-state index is 0.0989. The van der Waals surface area contributed by atoms with E-state index < -0.39 is 0 Å².